The van der Waals surface area contributed by atoms with E-state index in [0.29, 0.717) is 34.1 Å². The molecule has 1 aliphatic heterocycles. The molecule has 0 atom stereocenters. The van der Waals surface area contributed by atoms with E-state index < -0.39 is 0 Å². The van der Waals surface area contributed by atoms with Crippen LogP contribution in [0.5, 0.6) is 5.75 Å². The van der Waals surface area contributed by atoms with Crippen molar-refractivity contribution in [3.05, 3.63) is 86.6 Å². The van der Waals surface area contributed by atoms with Crippen LogP contribution in [-0.2, 0) is 13.2 Å². The Balaban J connectivity index is 1.59. The number of hydrogen-bond acceptors (Lipinski definition) is 4. The zero-order chi connectivity index (χ0) is 18.1. The fourth-order valence-corrected chi connectivity index (χ4v) is 3.72. The fourth-order valence-electron chi connectivity index (χ4n) is 2.91. The summed E-state index contributed by atoms with van der Waals surface area (Å²) >= 11 is 7.73. The number of imide groups is 1. The van der Waals surface area contributed by atoms with Crippen LogP contribution >= 0.6 is 22.9 Å². The number of carbonyl (C=O) groups is 2. The normalized spacial score (nSPS) is 13.2. The molecular formula is C20H14ClNO3S. The predicted molar refractivity (Wildman–Crippen MR) is 101 cm³/mol. The fraction of sp³-hybridized carbons (Fsp3) is 0.100. The topological polar surface area (TPSA) is 46.6 Å². The van der Waals surface area contributed by atoms with E-state index in [4.69, 9.17) is 16.3 Å². The summed E-state index contributed by atoms with van der Waals surface area (Å²) in [5.41, 5.74) is 1.56. The molecule has 1 aromatic heterocycles. The third kappa shape index (κ3) is 3.11. The summed E-state index contributed by atoms with van der Waals surface area (Å²) in [6.07, 6.45) is 0. The van der Waals surface area contributed by atoms with Gasteiger partial charge in [-0.05, 0) is 41.8 Å². The van der Waals surface area contributed by atoms with Crippen molar-refractivity contribution in [3.8, 4) is 5.75 Å². The van der Waals surface area contributed by atoms with Gasteiger partial charge in [-0.2, -0.15) is 0 Å². The minimum atomic E-state index is -0.296. The molecule has 0 saturated carbocycles. The number of carbonyl (C=O) groups excluding carboxylic acids is 2. The molecule has 4 rings (SSSR count). The Morgan fingerprint density at radius 1 is 0.962 bits per heavy atom. The lowest BCUT2D eigenvalue weighted by molar-refractivity contribution is 0.0641. The molecule has 6 heteroatoms. The lowest BCUT2D eigenvalue weighted by Gasteiger charge is -2.17. The van der Waals surface area contributed by atoms with Crippen molar-refractivity contribution in [1.29, 1.82) is 0 Å². The van der Waals surface area contributed by atoms with Gasteiger partial charge in [-0.3, -0.25) is 14.5 Å². The number of ether oxygens (including phenoxy) is 1. The molecule has 4 nitrogen and oxygen atoms in total. The number of hydrogen-bond donors (Lipinski definition) is 0. The summed E-state index contributed by atoms with van der Waals surface area (Å²) in [6, 6.07) is 16.0. The van der Waals surface area contributed by atoms with E-state index in [1.807, 2.05) is 17.5 Å². The van der Waals surface area contributed by atoms with E-state index in [2.05, 4.69) is 0 Å². The summed E-state index contributed by atoms with van der Waals surface area (Å²) in [6.45, 7) is 0.543. The highest BCUT2D eigenvalue weighted by molar-refractivity contribution is 7.09. The molecule has 2 aromatic carbocycles. The summed E-state index contributed by atoms with van der Waals surface area (Å²) in [4.78, 5) is 27.5. The Labute approximate surface area is 159 Å². The third-order valence-electron chi connectivity index (χ3n) is 4.18. The molecular weight excluding hydrogens is 370 g/mol. The van der Waals surface area contributed by atoms with E-state index in [1.54, 1.807) is 53.8 Å². The van der Waals surface area contributed by atoms with Crippen LogP contribution in [0.1, 0.15) is 31.2 Å². The predicted octanol–water partition coefficient (Wildman–Crippen LogP) is 4.78. The Morgan fingerprint density at radius 2 is 1.69 bits per heavy atom. The molecule has 0 radical (unpaired) electrons. The third-order valence-corrected chi connectivity index (χ3v) is 5.26. The first kappa shape index (κ1) is 16.8. The first-order chi connectivity index (χ1) is 12.6. The molecule has 0 fully saturated rings. The van der Waals surface area contributed by atoms with Gasteiger partial charge in [0, 0.05) is 15.5 Å². The van der Waals surface area contributed by atoms with Gasteiger partial charge in [0.05, 0.1) is 17.7 Å². The smallest absolute Gasteiger partial charge is 0.261 e. The van der Waals surface area contributed by atoms with Crippen LogP contribution in [0.3, 0.4) is 0 Å². The lowest BCUT2D eigenvalue weighted by Crippen LogP contribution is -2.29. The van der Waals surface area contributed by atoms with Crippen molar-refractivity contribution in [2.45, 2.75) is 13.2 Å². The molecule has 0 saturated heterocycles. The van der Waals surface area contributed by atoms with Crippen molar-refractivity contribution >= 4 is 34.8 Å². The van der Waals surface area contributed by atoms with Crippen LogP contribution in [-0.4, -0.2) is 16.7 Å². The van der Waals surface area contributed by atoms with Gasteiger partial charge < -0.3 is 4.74 Å². The van der Waals surface area contributed by atoms with Crippen LogP contribution in [0.4, 0.5) is 0 Å². The molecule has 3 aromatic rings. The summed E-state index contributed by atoms with van der Waals surface area (Å²) < 4.78 is 5.90. The maximum atomic E-state index is 12.6. The number of rotatable bonds is 5. The molecule has 1 aliphatic rings. The van der Waals surface area contributed by atoms with Crippen LogP contribution in [0.15, 0.2) is 60.0 Å². The second-order valence-electron chi connectivity index (χ2n) is 5.86. The number of halogens is 1. The van der Waals surface area contributed by atoms with Crippen LogP contribution in [0.2, 0.25) is 5.02 Å². The number of nitrogens with zero attached hydrogens (tertiary/aromatic N) is 1. The molecule has 26 heavy (non-hydrogen) atoms. The first-order valence-electron chi connectivity index (χ1n) is 8.02. The highest BCUT2D eigenvalue weighted by Crippen LogP contribution is 2.29. The molecule has 0 unspecified atom stereocenters. The number of thiophene rings is 1. The zero-order valence-corrected chi connectivity index (χ0v) is 15.2. The van der Waals surface area contributed by atoms with Crippen LogP contribution < -0.4 is 4.74 Å². The summed E-state index contributed by atoms with van der Waals surface area (Å²) in [5.74, 6) is 0.0175. The largest absolute Gasteiger partial charge is 0.488 e. The SMILES string of the molecule is O=C1c2ccccc2C(=O)N1Cc1cc(Cl)ccc1OCc1cccs1. The van der Waals surface area contributed by atoms with Crippen LogP contribution in [0.25, 0.3) is 0 Å². The van der Waals surface area contributed by atoms with Gasteiger partial charge >= 0.3 is 0 Å². The standard InChI is InChI=1S/C20H14ClNO3S/c21-14-7-8-18(25-12-15-4-3-9-26-15)13(10-14)11-22-19(23)16-5-1-2-6-17(16)20(22)24/h1-10H,11-12H2. The van der Waals surface area contributed by atoms with Gasteiger partial charge in [-0.1, -0.05) is 29.8 Å². The average Bonchev–Trinajstić information content (AvgIpc) is 3.25. The van der Waals surface area contributed by atoms with Gasteiger partial charge in [0.1, 0.15) is 12.4 Å². The van der Waals surface area contributed by atoms with Gasteiger partial charge in [0.15, 0.2) is 0 Å². The van der Waals surface area contributed by atoms with E-state index >= 15 is 0 Å². The second kappa shape index (κ2) is 6.94. The summed E-state index contributed by atoms with van der Waals surface area (Å²) in [7, 11) is 0. The zero-order valence-electron chi connectivity index (χ0n) is 13.6. The van der Waals surface area contributed by atoms with E-state index in [1.165, 1.54) is 4.90 Å². The second-order valence-corrected chi connectivity index (χ2v) is 7.33. The van der Waals surface area contributed by atoms with Crippen molar-refractivity contribution in [2.75, 3.05) is 0 Å². The van der Waals surface area contributed by atoms with Crippen molar-refractivity contribution < 1.29 is 14.3 Å². The number of amides is 2. The van der Waals surface area contributed by atoms with Gasteiger partial charge in [0.2, 0.25) is 0 Å². The Morgan fingerprint density at radius 3 is 2.35 bits per heavy atom. The average molecular weight is 384 g/mol. The van der Waals surface area contributed by atoms with Gasteiger partial charge in [-0.25, -0.2) is 0 Å². The maximum absolute atomic E-state index is 12.6. The quantitative estimate of drug-likeness (QED) is 0.596. The summed E-state index contributed by atoms with van der Waals surface area (Å²) in [5, 5.41) is 2.51. The molecule has 2 amide bonds. The van der Waals surface area contributed by atoms with E-state index in [-0.39, 0.29) is 18.4 Å². The number of benzene rings is 2. The van der Waals surface area contributed by atoms with Crippen molar-refractivity contribution in [3.63, 3.8) is 0 Å². The number of fused-ring (bicyclic) bond motifs is 1. The first-order valence-corrected chi connectivity index (χ1v) is 9.28. The maximum Gasteiger partial charge on any atom is 0.261 e. The highest BCUT2D eigenvalue weighted by atomic mass is 35.5. The Hall–Kier alpha value is -2.63. The lowest BCUT2D eigenvalue weighted by atomic mass is 10.1. The Bertz CT molecular complexity index is 949. The minimum absolute atomic E-state index is 0.118. The molecule has 0 N–H and O–H groups in total. The minimum Gasteiger partial charge on any atom is -0.488 e. The molecule has 2 heterocycles. The molecule has 0 spiro atoms. The van der Waals surface area contributed by atoms with Gasteiger partial charge in [0.25, 0.3) is 11.8 Å². The van der Waals surface area contributed by atoms with Crippen LogP contribution in [0, 0.1) is 0 Å². The Kier molecular flexibility index (Phi) is 4.49. The molecule has 130 valence electrons. The monoisotopic (exact) mass is 383 g/mol. The molecule has 0 aliphatic carbocycles. The van der Waals surface area contributed by atoms with E-state index in [0.717, 1.165) is 4.88 Å². The highest BCUT2D eigenvalue weighted by Gasteiger charge is 2.35. The molecule has 0 bridgehead atoms. The van der Waals surface area contributed by atoms with Gasteiger partial charge in [-0.15, -0.1) is 11.3 Å². The van der Waals surface area contributed by atoms with E-state index in [9.17, 15) is 9.59 Å². The van der Waals surface area contributed by atoms with Crippen molar-refractivity contribution in [1.82, 2.24) is 4.90 Å². The van der Waals surface area contributed by atoms with Crippen molar-refractivity contribution in [2.24, 2.45) is 0 Å².